The van der Waals surface area contributed by atoms with Gasteiger partial charge in [0.05, 0.1) is 24.9 Å². The number of nitrogens with two attached hydrogens (primary N) is 2. The molecule has 1 fully saturated rings. The summed E-state index contributed by atoms with van der Waals surface area (Å²) in [5.41, 5.74) is 15.2. The molecule has 1 aliphatic heterocycles. The highest BCUT2D eigenvalue weighted by Crippen LogP contribution is 2.18. The van der Waals surface area contributed by atoms with Gasteiger partial charge in [-0.1, -0.05) is 60.7 Å². The maximum Gasteiger partial charge on any atom is 0.305 e. The van der Waals surface area contributed by atoms with Crippen molar-refractivity contribution in [2.45, 2.75) is 74.0 Å². The van der Waals surface area contributed by atoms with Crippen LogP contribution < -0.4 is 48.8 Å². The van der Waals surface area contributed by atoms with Crippen molar-refractivity contribution in [2.24, 2.45) is 21.6 Å². The standard InChI is InChI=1S/C45H53N11O11S/c46-45(47)49-21-7-12-33-41(61)50-26-38(57)52-36(24-39(58)59)44(64)55-35(23-27-14-15-28-8-1-2-9-30(28)22-27)43(63)54-34(42(62)53-33)11-5-6-20-48-40(60)29-16-18-32(19-17-29)56-51-25-31-10-3-4-13-37(31)68(65,66)67/h1-4,8-10,13-19,22,25,33-36,56H,5-7,11-12,20-21,23-24,26H2,(H,48,60)(H,50,61)(H,52,57)(H,53,62)(H,54,63)(H,55,64)(H,58,59)(H4,46,47,49)(H,65,66,67)/t33?,34-,35+,36-/m0/s1. The fraction of sp³-hybridized carbons (Fsp3) is 0.311. The van der Waals surface area contributed by atoms with Crippen molar-refractivity contribution in [2.75, 3.05) is 25.1 Å². The lowest BCUT2D eigenvalue weighted by molar-refractivity contribution is -0.141. The number of hydrogen-bond donors (Lipinski definition) is 11. The highest BCUT2D eigenvalue weighted by molar-refractivity contribution is 7.86. The molecule has 1 heterocycles. The summed E-state index contributed by atoms with van der Waals surface area (Å²) in [6.07, 6.45) is 1.10. The molecule has 0 saturated carbocycles. The number of rotatable bonds is 18. The molecule has 1 saturated heterocycles. The summed E-state index contributed by atoms with van der Waals surface area (Å²) in [5, 5.41) is 30.8. The number of unbranched alkanes of at least 4 members (excludes halogenated alkanes) is 1. The minimum absolute atomic E-state index is 0.00367. The van der Waals surface area contributed by atoms with Crippen LogP contribution in [0, 0.1) is 0 Å². The highest BCUT2D eigenvalue weighted by Gasteiger charge is 2.33. The van der Waals surface area contributed by atoms with E-state index < -0.39 is 88.7 Å². The predicted octanol–water partition coefficient (Wildman–Crippen LogP) is 0.273. The molecule has 0 spiro atoms. The van der Waals surface area contributed by atoms with Gasteiger partial charge in [0.25, 0.3) is 16.0 Å². The first-order valence-corrected chi connectivity index (χ1v) is 22.9. The predicted molar refractivity (Wildman–Crippen MR) is 251 cm³/mol. The second-order valence-corrected chi connectivity index (χ2v) is 17.1. The normalized spacial score (nSPS) is 18.5. The summed E-state index contributed by atoms with van der Waals surface area (Å²) in [5.74, 6) is -6.28. The van der Waals surface area contributed by atoms with Crippen LogP contribution >= 0.6 is 0 Å². The third-order valence-electron chi connectivity index (χ3n) is 10.5. The van der Waals surface area contributed by atoms with Crippen molar-refractivity contribution in [1.82, 2.24) is 31.9 Å². The molecule has 0 radical (unpaired) electrons. The Hall–Kier alpha value is -7.92. The molecule has 0 aromatic heterocycles. The monoisotopic (exact) mass is 955 g/mol. The largest absolute Gasteiger partial charge is 0.481 e. The van der Waals surface area contributed by atoms with E-state index >= 15 is 0 Å². The molecule has 23 heteroatoms. The third-order valence-corrected chi connectivity index (χ3v) is 11.4. The van der Waals surface area contributed by atoms with Crippen LogP contribution in [0.3, 0.4) is 0 Å². The van der Waals surface area contributed by atoms with Gasteiger partial charge >= 0.3 is 5.97 Å². The Morgan fingerprint density at radius 2 is 1.37 bits per heavy atom. The number of carboxylic acid groups (broad SMARTS) is 1. The molecule has 1 unspecified atom stereocenters. The zero-order chi connectivity index (χ0) is 49.2. The van der Waals surface area contributed by atoms with Gasteiger partial charge in [-0.15, -0.1) is 0 Å². The number of guanidine groups is 1. The van der Waals surface area contributed by atoms with Gasteiger partial charge in [0.2, 0.25) is 29.5 Å². The van der Waals surface area contributed by atoms with Gasteiger partial charge in [-0.3, -0.25) is 48.5 Å². The van der Waals surface area contributed by atoms with E-state index in [1.54, 1.807) is 24.3 Å². The first-order valence-electron chi connectivity index (χ1n) is 21.4. The summed E-state index contributed by atoms with van der Waals surface area (Å²) in [6, 6.07) is 19.3. The average Bonchev–Trinajstić information content (AvgIpc) is 3.30. The van der Waals surface area contributed by atoms with Crippen LogP contribution in [0.15, 0.2) is 106 Å². The lowest BCUT2D eigenvalue weighted by atomic mass is 10.00. The molecular weight excluding hydrogens is 903 g/mol. The quantitative estimate of drug-likeness (QED) is 0.0210. The van der Waals surface area contributed by atoms with Crippen LogP contribution in [0.1, 0.15) is 60.0 Å². The zero-order valence-corrected chi connectivity index (χ0v) is 37.5. The summed E-state index contributed by atoms with van der Waals surface area (Å²) in [7, 11) is -4.47. The van der Waals surface area contributed by atoms with E-state index in [2.05, 4.69) is 47.4 Å². The third kappa shape index (κ3) is 15.9. The number of carboxylic acids is 1. The Labute approximate surface area is 390 Å². The van der Waals surface area contributed by atoms with Crippen molar-refractivity contribution in [3.63, 3.8) is 0 Å². The summed E-state index contributed by atoms with van der Waals surface area (Å²) in [4.78, 5) is 96.8. The topological polar surface area (TPSA) is 355 Å². The van der Waals surface area contributed by atoms with Crippen LogP contribution in [0.4, 0.5) is 5.69 Å². The smallest absolute Gasteiger partial charge is 0.305 e. The molecule has 68 heavy (non-hydrogen) atoms. The van der Waals surface area contributed by atoms with Gasteiger partial charge in [-0.25, -0.2) is 0 Å². The molecule has 0 bridgehead atoms. The molecule has 4 atom stereocenters. The van der Waals surface area contributed by atoms with Crippen molar-refractivity contribution >= 4 is 80.2 Å². The van der Waals surface area contributed by atoms with Crippen molar-refractivity contribution in [3.05, 3.63) is 108 Å². The van der Waals surface area contributed by atoms with Gasteiger partial charge in [-0.2, -0.15) is 13.5 Å². The van der Waals surface area contributed by atoms with Crippen LogP contribution in [-0.4, -0.2) is 115 Å². The Balaban J connectivity index is 1.30. The van der Waals surface area contributed by atoms with Gasteiger partial charge in [-0.05, 0) is 78.8 Å². The fourth-order valence-corrected chi connectivity index (χ4v) is 7.73. The molecule has 6 amide bonds. The molecule has 22 nitrogen and oxygen atoms in total. The number of nitrogens with one attached hydrogen (secondary N) is 7. The van der Waals surface area contributed by atoms with Crippen molar-refractivity contribution < 1.29 is 51.6 Å². The summed E-state index contributed by atoms with van der Waals surface area (Å²) < 4.78 is 32.8. The number of carbonyl (C=O) groups is 7. The Kier molecular flexibility index (Phi) is 18.4. The molecule has 13 N–H and O–H groups in total. The number of nitrogens with zero attached hydrogens (tertiary/aromatic N) is 2. The number of amides is 6. The van der Waals surface area contributed by atoms with E-state index in [9.17, 15) is 51.6 Å². The van der Waals surface area contributed by atoms with E-state index in [-0.39, 0.29) is 61.6 Å². The van der Waals surface area contributed by atoms with Crippen molar-refractivity contribution in [1.29, 1.82) is 0 Å². The Morgan fingerprint density at radius 1 is 0.735 bits per heavy atom. The number of carbonyl (C=O) groups excluding carboxylic acids is 6. The molecule has 1 aliphatic rings. The molecule has 4 aromatic rings. The van der Waals surface area contributed by atoms with Gasteiger partial charge in [0.1, 0.15) is 29.1 Å². The SMILES string of the molecule is NC(N)=NCCCC1NC(=O)[C@H](CCCCNC(=O)c2ccc(NN=Cc3ccccc3S(=O)(=O)O)cc2)NC(=O)[C@@H](Cc2ccc3ccccc3c2)NC(=O)[C@H](CC(=O)O)NC(=O)CNC1=O. The maximum atomic E-state index is 14.2. The summed E-state index contributed by atoms with van der Waals surface area (Å²) >= 11 is 0. The van der Waals surface area contributed by atoms with E-state index in [1.807, 2.05) is 36.4 Å². The average molecular weight is 956 g/mol. The molecule has 4 aromatic carbocycles. The molecular formula is C45H53N11O11S. The summed E-state index contributed by atoms with van der Waals surface area (Å²) in [6.45, 7) is -0.425. The first-order chi connectivity index (χ1) is 32.5. The van der Waals surface area contributed by atoms with E-state index in [0.717, 1.165) is 10.8 Å². The fourth-order valence-electron chi connectivity index (χ4n) is 7.06. The maximum absolute atomic E-state index is 14.2. The van der Waals surface area contributed by atoms with Crippen LogP contribution in [0.25, 0.3) is 10.8 Å². The minimum Gasteiger partial charge on any atom is -0.481 e. The number of anilines is 1. The van der Waals surface area contributed by atoms with E-state index in [0.29, 0.717) is 23.2 Å². The zero-order valence-electron chi connectivity index (χ0n) is 36.6. The van der Waals surface area contributed by atoms with Crippen LogP contribution in [0.5, 0.6) is 0 Å². The molecule has 360 valence electrons. The van der Waals surface area contributed by atoms with Crippen LogP contribution in [0.2, 0.25) is 0 Å². The van der Waals surface area contributed by atoms with Gasteiger partial charge in [0, 0.05) is 30.6 Å². The highest BCUT2D eigenvalue weighted by atomic mass is 32.2. The number of hydrazone groups is 1. The second-order valence-electron chi connectivity index (χ2n) is 15.7. The van der Waals surface area contributed by atoms with Gasteiger partial charge in [0.15, 0.2) is 5.96 Å². The number of benzene rings is 4. The Morgan fingerprint density at radius 3 is 2.07 bits per heavy atom. The van der Waals surface area contributed by atoms with E-state index in [1.165, 1.54) is 36.5 Å². The first kappa shape index (κ1) is 51.1. The minimum atomic E-state index is -4.47. The lowest BCUT2D eigenvalue weighted by Crippen LogP contribution is -2.58. The van der Waals surface area contributed by atoms with Crippen LogP contribution in [-0.2, 0) is 45.3 Å². The number of fused-ring (bicyclic) bond motifs is 1. The number of aliphatic imine (C=N–C) groups is 1. The molecule has 5 rings (SSSR count). The number of aliphatic carboxylic acids is 1. The second kappa shape index (κ2) is 24.6. The molecule has 0 aliphatic carbocycles. The lowest BCUT2D eigenvalue weighted by Gasteiger charge is -2.26. The Bertz CT molecular complexity index is 2660. The number of hydrogen-bond acceptors (Lipinski definition) is 12. The van der Waals surface area contributed by atoms with Gasteiger partial charge < -0.3 is 48.5 Å². The van der Waals surface area contributed by atoms with E-state index in [4.69, 9.17) is 11.5 Å². The van der Waals surface area contributed by atoms with Crippen molar-refractivity contribution in [3.8, 4) is 0 Å².